The van der Waals surface area contributed by atoms with Gasteiger partial charge in [0.15, 0.2) is 0 Å². The van der Waals surface area contributed by atoms with E-state index in [1.165, 1.54) is 6.92 Å². The van der Waals surface area contributed by atoms with E-state index in [0.29, 0.717) is 18.8 Å². The number of benzene rings is 2. The average Bonchev–Trinajstić information content (AvgIpc) is 2.55. The lowest BCUT2D eigenvalue weighted by Crippen LogP contribution is -2.28. The molecule has 0 fully saturated rings. The molecule has 5 nitrogen and oxygen atoms in total. The molecule has 0 heterocycles. The van der Waals surface area contributed by atoms with E-state index in [2.05, 4.69) is 20.7 Å². The smallest absolute Gasteiger partial charge is 0.261 e. The Morgan fingerprint density at radius 2 is 1.88 bits per heavy atom. The Kier molecular flexibility index (Phi) is 6.24. The average molecular weight is 425 g/mol. The Bertz CT molecular complexity index is 882. The van der Waals surface area contributed by atoms with E-state index in [0.717, 1.165) is 15.6 Å². The molecule has 0 aromatic heterocycles. The van der Waals surface area contributed by atoms with Crippen LogP contribution in [0, 0.1) is 6.92 Å². The topological polar surface area (TPSA) is 66.5 Å². The predicted octanol–water partition coefficient (Wildman–Crippen LogP) is 3.93. The Balaban J connectivity index is 2.33. The first-order chi connectivity index (χ1) is 11.7. The summed E-state index contributed by atoms with van der Waals surface area (Å²) in [6.45, 7) is 6.13. The molecule has 0 radical (unpaired) electrons. The van der Waals surface area contributed by atoms with Crippen molar-refractivity contribution < 1.29 is 13.2 Å². The lowest BCUT2D eigenvalue weighted by molar-refractivity contribution is -0.129. The minimum atomic E-state index is -3.71. The van der Waals surface area contributed by atoms with Crippen LogP contribution in [0.5, 0.6) is 0 Å². The van der Waals surface area contributed by atoms with Gasteiger partial charge in [-0.2, -0.15) is 0 Å². The fourth-order valence-corrected chi connectivity index (χ4v) is 3.83. The Labute approximate surface area is 157 Å². The van der Waals surface area contributed by atoms with Crippen molar-refractivity contribution in [1.82, 2.24) is 4.90 Å². The van der Waals surface area contributed by atoms with E-state index >= 15 is 0 Å². The van der Waals surface area contributed by atoms with E-state index in [4.69, 9.17) is 0 Å². The molecule has 0 spiro atoms. The van der Waals surface area contributed by atoms with Crippen molar-refractivity contribution in [1.29, 1.82) is 0 Å². The summed E-state index contributed by atoms with van der Waals surface area (Å²) in [6.07, 6.45) is 0. The molecular formula is C18H21BrN2O3S. The van der Waals surface area contributed by atoms with Crippen LogP contribution >= 0.6 is 15.9 Å². The molecule has 7 heteroatoms. The first-order valence-electron chi connectivity index (χ1n) is 7.87. The fraction of sp³-hybridized carbons (Fsp3) is 0.278. The summed E-state index contributed by atoms with van der Waals surface area (Å²) in [5.41, 5.74) is 2.06. The van der Waals surface area contributed by atoms with Crippen LogP contribution in [0.3, 0.4) is 0 Å². The van der Waals surface area contributed by atoms with Gasteiger partial charge in [-0.15, -0.1) is 0 Å². The van der Waals surface area contributed by atoms with Crippen molar-refractivity contribution in [3.8, 4) is 0 Å². The molecule has 0 aliphatic carbocycles. The highest BCUT2D eigenvalue weighted by molar-refractivity contribution is 9.10. The van der Waals surface area contributed by atoms with Crippen LogP contribution in [-0.4, -0.2) is 25.8 Å². The maximum Gasteiger partial charge on any atom is 0.261 e. The van der Waals surface area contributed by atoms with E-state index < -0.39 is 10.0 Å². The number of sulfonamides is 1. The van der Waals surface area contributed by atoms with Crippen molar-refractivity contribution in [2.45, 2.75) is 32.2 Å². The van der Waals surface area contributed by atoms with Crippen molar-refractivity contribution in [3.63, 3.8) is 0 Å². The molecule has 0 aliphatic rings. The van der Waals surface area contributed by atoms with Gasteiger partial charge in [0.25, 0.3) is 10.0 Å². The second-order valence-electron chi connectivity index (χ2n) is 5.71. The highest BCUT2D eigenvalue weighted by atomic mass is 79.9. The molecule has 2 aromatic rings. The fourth-order valence-electron chi connectivity index (χ4n) is 2.40. The molecule has 0 bridgehead atoms. The van der Waals surface area contributed by atoms with Gasteiger partial charge >= 0.3 is 0 Å². The number of hydrogen-bond donors (Lipinski definition) is 1. The second kappa shape index (κ2) is 8.01. The van der Waals surface area contributed by atoms with Crippen LogP contribution in [0.4, 0.5) is 5.69 Å². The quantitative estimate of drug-likeness (QED) is 0.763. The van der Waals surface area contributed by atoms with E-state index in [-0.39, 0.29) is 10.8 Å². The van der Waals surface area contributed by atoms with Crippen LogP contribution in [0.15, 0.2) is 51.8 Å². The third kappa shape index (κ3) is 4.83. The molecule has 1 amide bonds. The van der Waals surface area contributed by atoms with Crippen molar-refractivity contribution >= 4 is 37.5 Å². The third-order valence-electron chi connectivity index (χ3n) is 3.89. The van der Waals surface area contributed by atoms with Crippen molar-refractivity contribution in [3.05, 3.63) is 58.1 Å². The molecule has 2 aromatic carbocycles. The summed E-state index contributed by atoms with van der Waals surface area (Å²) in [4.78, 5) is 13.5. The monoisotopic (exact) mass is 424 g/mol. The maximum absolute atomic E-state index is 12.7. The highest BCUT2D eigenvalue weighted by Crippen LogP contribution is 2.24. The highest BCUT2D eigenvalue weighted by Gasteiger charge is 2.18. The number of rotatable bonds is 6. The zero-order valence-electron chi connectivity index (χ0n) is 14.4. The van der Waals surface area contributed by atoms with Crippen LogP contribution in [0.25, 0.3) is 0 Å². The number of hydrogen-bond acceptors (Lipinski definition) is 3. The van der Waals surface area contributed by atoms with Crippen LogP contribution in [0.2, 0.25) is 0 Å². The van der Waals surface area contributed by atoms with Crippen LogP contribution in [0.1, 0.15) is 25.0 Å². The minimum absolute atomic E-state index is 0.0521. The van der Waals surface area contributed by atoms with Gasteiger partial charge in [-0.05, 0) is 49.2 Å². The molecular weight excluding hydrogens is 404 g/mol. The van der Waals surface area contributed by atoms with E-state index in [1.54, 1.807) is 35.2 Å². The standard InChI is InChI=1S/C18H21BrN2O3S/c1-4-21(14(3)22)12-15-7-5-6-8-18(15)20-25(23,24)16-9-10-17(19)13(2)11-16/h5-11,20H,4,12H2,1-3H3. The largest absolute Gasteiger partial charge is 0.339 e. The third-order valence-corrected chi connectivity index (χ3v) is 6.14. The second-order valence-corrected chi connectivity index (χ2v) is 8.24. The molecule has 25 heavy (non-hydrogen) atoms. The van der Waals surface area contributed by atoms with Crippen molar-refractivity contribution in [2.24, 2.45) is 0 Å². The Morgan fingerprint density at radius 3 is 2.48 bits per heavy atom. The van der Waals surface area contributed by atoms with Gasteiger partial charge in [-0.25, -0.2) is 8.42 Å². The first kappa shape index (κ1) is 19.5. The lowest BCUT2D eigenvalue weighted by atomic mass is 10.1. The predicted molar refractivity (Wildman–Crippen MR) is 103 cm³/mol. The van der Waals surface area contributed by atoms with Gasteiger partial charge in [0.1, 0.15) is 0 Å². The number of anilines is 1. The summed E-state index contributed by atoms with van der Waals surface area (Å²) in [5.74, 6) is -0.0521. The Hall–Kier alpha value is -1.86. The van der Waals surface area contributed by atoms with Gasteiger partial charge in [-0.3, -0.25) is 9.52 Å². The molecule has 134 valence electrons. The van der Waals surface area contributed by atoms with E-state index in [1.807, 2.05) is 26.0 Å². The normalized spacial score (nSPS) is 11.2. The number of halogens is 1. The minimum Gasteiger partial charge on any atom is -0.339 e. The van der Waals surface area contributed by atoms with Gasteiger partial charge in [0, 0.05) is 24.5 Å². The molecule has 1 N–H and O–H groups in total. The number of aryl methyl sites for hydroxylation is 1. The Morgan fingerprint density at radius 1 is 1.20 bits per heavy atom. The molecule has 0 saturated carbocycles. The summed E-state index contributed by atoms with van der Waals surface area (Å²) in [7, 11) is -3.71. The first-order valence-corrected chi connectivity index (χ1v) is 10.1. The zero-order chi connectivity index (χ0) is 18.6. The van der Waals surface area contributed by atoms with Gasteiger partial charge in [0.2, 0.25) is 5.91 Å². The van der Waals surface area contributed by atoms with Gasteiger partial charge in [0.05, 0.1) is 10.6 Å². The summed E-state index contributed by atoms with van der Waals surface area (Å²) < 4.78 is 28.9. The van der Waals surface area contributed by atoms with Crippen LogP contribution in [-0.2, 0) is 21.4 Å². The number of amides is 1. The summed E-state index contributed by atoms with van der Waals surface area (Å²) >= 11 is 3.37. The number of carbonyl (C=O) groups is 1. The number of carbonyl (C=O) groups excluding carboxylic acids is 1. The molecule has 0 atom stereocenters. The van der Waals surface area contributed by atoms with Gasteiger partial charge < -0.3 is 4.90 Å². The molecule has 2 rings (SSSR count). The summed E-state index contributed by atoms with van der Waals surface area (Å²) in [6, 6.07) is 12.0. The van der Waals surface area contributed by atoms with Gasteiger partial charge in [-0.1, -0.05) is 34.1 Å². The molecule has 0 unspecified atom stereocenters. The molecule has 0 saturated heterocycles. The zero-order valence-corrected chi connectivity index (χ0v) is 16.8. The van der Waals surface area contributed by atoms with E-state index in [9.17, 15) is 13.2 Å². The SMILES string of the molecule is CCN(Cc1ccccc1NS(=O)(=O)c1ccc(Br)c(C)c1)C(C)=O. The summed E-state index contributed by atoms with van der Waals surface area (Å²) in [5, 5.41) is 0. The number of nitrogens with zero attached hydrogens (tertiary/aromatic N) is 1. The lowest BCUT2D eigenvalue weighted by Gasteiger charge is -2.21. The number of nitrogens with one attached hydrogen (secondary N) is 1. The molecule has 0 aliphatic heterocycles. The van der Waals surface area contributed by atoms with Crippen LogP contribution < -0.4 is 4.72 Å². The maximum atomic E-state index is 12.7. The number of para-hydroxylation sites is 1. The van der Waals surface area contributed by atoms with Crippen molar-refractivity contribution in [2.75, 3.05) is 11.3 Å².